The van der Waals surface area contributed by atoms with Crippen molar-refractivity contribution < 1.29 is 24.2 Å². The molecule has 9 heteroatoms. The van der Waals surface area contributed by atoms with E-state index in [1.807, 2.05) is 52.0 Å². The molecule has 0 spiro atoms. The van der Waals surface area contributed by atoms with Crippen LogP contribution in [0.3, 0.4) is 0 Å². The van der Waals surface area contributed by atoms with Crippen molar-refractivity contribution in [3.63, 3.8) is 0 Å². The van der Waals surface area contributed by atoms with E-state index in [-0.39, 0.29) is 42.4 Å². The second-order valence-corrected chi connectivity index (χ2v) is 9.41. The predicted molar refractivity (Wildman–Crippen MR) is 134 cm³/mol. The summed E-state index contributed by atoms with van der Waals surface area (Å²) in [6.07, 6.45) is 1.27. The highest BCUT2D eigenvalue weighted by Gasteiger charge is 2.34. The molecular weight excluding hydrogens is 448 g/mol. The number of hydrogen-bond donors (Lipinski definition) is 2. The van der Waals surface area contributed by atoms with Crippen LogP contribution in [0, 0.1) is 5.92 Å². The number of ether oxygens (including phenoxy) is 2. The van der Waals surface area contributed by atoms with Gasteiger partial charge in [0, 0.05) is 37.3 Å². The number of aromatic nitrogens is 1. The number of carbonyl (C=O) groups excluding carboxylic acids is 2. The van der Waals surface area contributed by atoms with Gasteiger partial charge in [0.15, 0.2) is 0 Å². The Morgan fingerprint density at radius 3 is 2.57 bits per heavy atom. The van der Waals surface area contributed by atoms with E-state index in [0.717, 1.165) is 16.9 Å². The first-order valence-electron chi connectivity index (χ1n) is 11.9. The molecule has 0 fully saturated rings. The minimum atomic E-state index is -0.405. The molecule has 2 aromatic rings. The van der Waals surface area contributed by atoms with Crippen molar-refractivity contribution in [3.8, 4) is 22.8 Å². The van der Waals surface area contributed by atoms with Crippen molar-refractivity contribution in [1.82, 2.24) is 20.1 Å². The lowest BCUT2D eigenvalue weighted by atomic mass is 9.99. The summed E-state index contributed by atoms with van der Waals surface area (Å²) in [5.41, 5.74) is 1.97. The number of aliphatic hydroxyl groups is 1. The highest BCUT2D eigenvalue weighted by Crippen LogP contribution is 2.31. The quantitative estimate of drug-likeness (QED) is 0.626. The van der Waals surface area contributed by atoms with Gasteiger partial charge in [0.1, 0.15) is 17.4 Å². The fourth-order valence-corrected chi connectivity index (χ4v) is 3.97. The Kier molecular flexibility index (Phi) is 8.56. The average molecular weight is 485 g/mol. The Bertz CT molecular complexity index is 1030. The highest BCUT2D eigenvalue weighted by atomic mass is 16.5. The van der Waals surface area contributed by atoms with Crippen molar-refractivity contribution >= 4 is 11.9 Å². The molecule has 2 heterocycles. The van der Waals surface area contributed by atoms with E-state index in [9.17, 15) is 14.7 Å². The van der Waals surface area contributed by atoms with Gasteiger partial charge >= 0.3 is 6.03 Å². The summed E-state index contributed by atoms with van der Waals surface area (Å²) >= 11 is 0. The molecule has 35 heavy (non-hydrogen) atoms. The number of methoxy groups -OCH3 is 1. The zero-order chi connectivity index (χ0) is 25.7. The third kappa shape index (κ3) is 6.22. The Hall–Kier alpha value is -3.33. The first kappa shape index (κ1) is 26.3. The normalized spacial score (nSPS) is 18.7. The number of benzene rings is 1. The number of carbonyl (C=O) groups is 2. The van der Waals surface area contributed by atoms with Gasteiger partial charge in [-0.2, -0.15) is 0 Å². The van der Waals surface area contributed by atoms with Crippen molar-refractivity contribution in [3.05, 3.63) is 42.1 Å². The van der Waals surface area contributed by atoms with Gasteiger partial charge < -0.3 is 29.7 Å². The van der Waals surface area contributed by atoms with Gasteiger partial charge in [-0.1, -0.05) is 19.1 Å². The molecule has 9 nitrogen and oxygen atoms in total. The number of urea groups is 1. The number of rotatable bonds is 7. The fraction of sp³-hybridized carbons (Fsp3) is 0.500. The van der Waals surface area contributed by atoms with E-state index < -0.39 is 6.10 Å². The Labute approximate surface area is 207 Å². The second-order valence-electron chi connectivity index (χ2n) is 9.41. The van der Waals surface area contributed by atoms with Crippen molar-refractivity contribution in [2.24, 2.45) is 5.92 Å². The fourth-order valence-electron chi connectivity index (χ4n) is 3.97. The van der Waals surface area contributed by atoms with Gasteiger partial charge in [-0.05, 0) is 44.5 Å². The Morgan fingerprint density at radius 2 is 1.97 bits per heavy atom. The summed E-state index contributed by atoms with van der Waals surface area (Å²) in [7, 11) is 3.32. The van der Waals surface area contributed by atoms with Gasteiger partial charge in [0.2, 0.25) is 5.88 Å². The molecule has 1 aliphatic rings. The summed E-state index contributed by atoms with van der Waals surface area (Å²) in [5, 5.41) is 12.7. The lowest BCUT2D eigenvalue weighted by Gasteiger charge is -2.37. The Balaban J connectivity index is 1.98. The predicted octanol–water partition coefficient (Wildman–Crippen LogP) is 3.03. The van der Waals surface area contributed by atoms with Gasteiger partial charge in [0.25, 0.3) is 5.91 Å². The molecule has 1 aliphatic heterocycles. The van der Waals surface area contributed by atoms with Crippen LogP contribution in [0.15, 0.2) is 36.5 Å². The number of nitrogens with zero attached hydrogens (tertiary/aromatic N) is 3. The molecule has 0 aliphatic carbocycles. The lowest BCUT2D eigenvalue weighted by Crippen LogP contribution is -2.51. The number of amides is 3. The first-order chi connectivity index (χ1) is 16.6. The van der Waals surface area contributed by atoms with Crippen molar-refractivity contribution in [1.29, 1.82) is 0 Å². The van der Waals surface area contributed by atoms with Crippen LogP contribution in [0.25, 0.3) is 11.1 Å². The number of aliphatic hydroxyl groups excluding tert-OH is 1. The largest absolute Gasteiger partial charge is 0.497 e. The maximum atomic E-state index is 13.6. The molecule has 0 radical (unpaired) electrons. The summed E-state index contributed by atoms with van der Waals surface area (Å²) in [6.45, 7) is 8.11. The van der Waals surface area contributed by atoms with Gasteiger partial charge in [-0.25, -0.2) is 9.78 Å². The maximum absolute atomic E-state index is 13.6. The Morgan fingerprint density at radius 1 is 1.29 bits per heavy atom. The molecule has 3 rings (SSSR count). The zero-order valence-electron chi connectivity index (χ0n) is 21.3. The molecule has 0 saturated heterocycles. The van der Waals surface area contributed by atoms with E-state index in [0.29, 0.717) is 18.7 Å². The topological polar surface area (TPSA) is 104 Å². The van der Waals surface area contributed by atoms with Gasteiger partial charge in [-0.15, -0.1) is 0 Å². The average Bonchev–Trinajstić information content (AvgIpc) is 2.85. The van der Waals surface area contributed by atoms with Crippen LogP contribution in [-0.4, -0.2) is 83.9 Å². The maximum Gasteiger partial charge on any atom is 0.317 e. The molecular formula is C26H36N4O5. The van der Waals surface area contributed by atoms with Crippen LogP contribution in [0.2, 0.25) is 0 Å². The number of hydrogen-bond acceptors (Lipinski definition) is 6. The third-order valence-electron chi connectivity index (χ3n) is 6.16. The molecule has 0 saturated carbocycles. The number of nitrogens with one attached hydrogen (secondary N) is 1. The number of fused-ring (bicyclic) bond motifs is 1. The van der Waals surface area contributed by atoms with E-state index in [2.05, 4.69) is 10.3 Å². The molecule has 1 aromatic carbocycles. The molecule has 1 aromatic heterocycles. The highest BCUT2D eigenvalue weighted by molar-refractivity contribution is 5.98. The second kappa shape index (κ2) is 11.4. The van der Waals surface area contributed by atoms with Crippen LogP contribution < -0.4 is 14.8 Å². The SMILES string of the molecule is COc1ccc(-c2cnc3c(c2)C(=O)N([C@H](C)CO)C[C@H](C)[C@H](CN(C)C(=O)NC(C)C)O3)cc1. The molecule has 0 bridgehead atoms. The summed E-state index contributed by atoms with van der Waals surface area (Å²) < 4.78 is 11.5. The van der Waals surface area contributed by atoms with E-state index in [1.165, 1.54) is 0 Å². The molecule has 0 unspecified atom stereocenters. The minimum absolute atomic E-state index is 0.0120. The van der Waals surface area contributed by atoms with Crippen molar-refractivity contribution in [2.75, 3.05) is 33.9 Å². The lowest BCUT2D eigenvalue weighted by molar-refractivity contribution is 0.0352. The van der Waals surface area contributed by atoms with Crippen LogP contribution in [0.4, 0.5) is 4.79 Å². The monoisotopic (exact) mass is 484 g/mol. The van der Waals surface area contributed by atoms with Crippen LogP contribution in [0.5, 0.6) is 11.6 Å². The zero-order valence-corrected chi connectivity index (χ0v) is 21.3. The number of pyridine rings is 1. The molecule has 2 N–H and O–H groups in total. The standard InChI is InChI=1S/C26H36N4O5/c1-16(2)28-26(33)29(5)14-23-17(3)13-30(18(4)15-31)25(32)22-11-20(12-27-24(22)35-23)19-7-9-21(34-6)10-8-19/h7-12,16-18,23,31H,13-15H2,1-6H3,(H,28,33)/t17-,18+,23-/m0/s1. The third-order valence-corrected chi connectivity index (χ3v) is 6.16. The minimum Gasteiger partial charge on any atom is -0.497 e. The van der Waals surface area contributed by atoms with Gasteiger partial charge in [0.05, 0.1) is 26.3 Å². The van der Waals surface area contributed by atoms with Crippen LogP contribution in [-0.2, 0) is 0 Å². The summed E-state index contributed by atoms with van der Waals surface area (Å²) in [5.74, 6) is 0.591. The molecule has 3 atom stereocenters. The van der Waals surface area contributed by atoms with E-state index in [1.54, 1.807) is 36.2 Å². The summed E-state index contributed by atoms with van der Waals surface area (Å²) in [4.78, 5) is 33.8. The number of likely N-dealkylation sites (N-methyl/N-ethyl adjacent to an activating group) is 1. The van der Waals surface area contributed by atoms with Gasteiger partial charge in [-0.3, -0.25) is 4.79 Å². The van der Waals surface area contributed by atoms with Crippen molar-refractivity contribution in [2.45, 2.75) is 45.9 Å². The first-order valence-corrected chi connectivity index (χ1v) is 11.9. The molecule has 190 valence electrons. The van der Waals surface area contributed by atoms with Crippen LogP contribution >= 0.6 is 0 Å². The van der Waals surface area contributed by atoms with E-state index in [4.69, 9.17) is 9.47 Å². The summed E-state index contributed by atoms with van der Waals surface area (Å²) in [6, 6.07) is 8.70. The smallest absolute Gasteiger partial charge is 0.317 e. The van der Waals surface area contributed by atoms with Crippen LogP contribution in [0.1, 0.15) is 38.1 Å². The molecule has 3 amide bonds. The van der Waals surface area contributed by atoms with E-state index >= 15 is 0 Å².